The van der Waals surface area contributed by atoms with E-state index in [2.05, 4.69) is 20.5 Å². The second-order valence-electron chi connectivity index (χ2n) is 7.82. The Balaban J connectivity index is 1.38. The van der Waals surface area contributed by atoms with E-state index in [0.29, 0.717) is 54.8 Å². The van der Waals surface area contributed by atoms with E-state index in [0.717, 1.165) is 0 Å². The van der Waals surface area contributed by atoms with Crippen molar-refractivity contribution in [2.45, 2.75) is 0 Å². The first-order valence-electron chi connectivity index (χ1n) is 10.9. The number of hydrogen-bond acceptors (Lipinski definition) is 7. The van der Waals surface area contributed by atoms with E-state index in [1.807, 2.05) is 0 Å². The molecule has 3 aromatic heterocycles. The maximum absolute atomic E-state index is 13.1. The number of pyridine rings is 1. The van der Waals surface area contributed by atoms with Gasteiger partial charge in [-0.25, -0.2) is 13.9 Å². The van der Waals surface area contributed by atoms with Crippen LogP contribution in [0.25, 0.3) is 17.0 Å². The molecule has 35 heavy (non-hydrogen) atoms. The van der Waals surface area contributed by atoms with Gasteiger partial charge in [0, 0.05) is 43.7 Å². The number of hydrogen-bond donors (Lipinski definition) is 1. The first-order valence-corrected chi connectivity index (χ1v) is 10.9. The number of aromatic nitrogens is 5. The molecule has 4 heterocycles. The van der Waals surface area contributed by atoms with Gasteiger partial charge in [0.2, 0.25) is 6.86 Å². The molecular formula is C23H22FN7O4. The van der Waals surface area contributed by atoms with Crippen LogP contribution < -0.4 is 10.1 Å². The van der Waals surface area contributed by atoms with Crippen LogP contribution in [0, 0.1) is 0 Å². The third-order valence-corrected chi connectivity index (χ3v) is 5.59. The van der Waals surface area contributed by atoms with Gasteiger partial charge < -0.3 is 19.7 Å². The molecule has 2 amide bonds. The van der Waals surface area contributed by atoms with Crippen LogP contribution in [0.1, 0.15) is 20.8 Å². The number of benzene rings is 1. The second kappa shape index (κ2) is 9.50. The lowest BCUT2D eigenvalue weighted by Gasteiger charge is -2.26. The summed E-state index contributed by atoms with van der Waals surface area (Å²) >= 11 is 0. The molecule has 1 aliphatic rings. The Bertz CT molecular complexity index is 1390. The van der Waals surface area contributed by atoms with Crippen molar-refractivity contribution in [3.8, 4) is 17.1 Å². The van der Waals surface area contributed by atoms with E-state index in [-0.39, 0.29) is 17.2 Å². The van der Waals surface area contributed by atoms with Gasteiger partial charge in [-0.1, -0.05) is 12.1 Å². The van der Waals surface area contributed by atoms with Crippen molar-refractivity contribution in [3.05, 3.63) is 60.0 Å². The fourth-order valence-corrected chi connectivity index (χ4v) is 3.86. The number of rotatable bonds is 6. The van der Waals surface area contributed by atoms with Crippen molar-refractivity contribution in [2.24, 2.45) is 7.05 Å². The number of carbonyl (C=O) groups is 2. The number of morpholine rings is 1. The average molecular weight is 479 g/mol. The van der Waals surface area contributed by atoms with Gasteiger partial charge in [-0.3, -0.25) is 14.3 Å². The Hall–Kier alpha value is -4.32. The number of halogens is 1. The minimum Gasteiger partial charge on any atom is -0.463 e. The largest absolute Gasteiger partial charge is 0.463 e. The summed E-state index contributed by atoms with van der Waals surface area (Å²) in [4.78, 5) is 32.2. The van der Waals surface area contributed by atoms with Gasteiger partial charge in [0.1, 0.15) is 11.4 Å². The normalized spacial score (nSPS) is 13.7. The number of nitrogens with one attached hydrogen (secondary N) is 1. The van der Waals surface area contributed by atoms with Crippen LogP contribution in [0.3, 0.4) is 0 Å². The topological polar surface area (TPSA) is 116 Å². The number of carbonyl (C=O) groups excluding carboxylic acids is 2. The molecule has 0 bridgehead atoms. The summed E-state index contributed by atoms with van der Waals surface area (Å²) < 4.78 is 25.6. The Labute approximate surface area is 199 Å². The van der Waals surface area contributed by atoms with Crippen LogP contribution in [-0.2, 0) is 11.8 Å². The lowest BCUT2D eigenvalue weighted by atomic mass is 10.2. The molecule has 11 nitrogen and oxygen atoms in total. The summed E-state index contributed by atoms with van der Waals surface area (Å²) in [5.74, 6) is 0.0584. The molecule has 4 aromatic rings. The second-order valence-corrected chi connectivity index (χ2v) is 7.82. The summed E-state index contributed by atoms with van der Waals surface area (Å²) in [7, 11) is 1.61. The van der Waals surface area contributed by atoms with Gasteiger partial charge in [0.25, 0.3) is 11.8 Å². The summed E-state index contributed by atoms with van der Waals surface area (Å²) in [5, 5.41) is 11.4. The van der Waals surface area contributed by atoms with Crippen LogP contribution in [0.2, 0.25) is 0 Å². The first kappa shape index (κ1) is 22.5. The van der Waals surface area contributed by atoms with Crippen molar-refractivity contribution in [2.75, 3.05) is 38.5 Å². The van der Waals surface area contributed by atoms with Crippen LogP contribution >= 0.6 is 0 Å². The molecule has 0 aliphatic carbocycles. The molecule has 1 saturated heterocycles. The molecule has 0 atom stereocenters. The zero-order valence-electron chi connectivity index (χ0n) is 18.8. The lowest BCUT2D eigenvalue weighted by molar-refractivity contribution is 0.0302. The van der Waals surface area contributed by atoms with E-state index in [1.165, 1.54) is 10.9 Å². The Morgan fingerprint density at radius 2 is 2.03 bits per heavy atom. The van der Waals surface area contributed by atoms with E-state index in [9.17, 15) is 14.0 Å². The Morgan fingerprint density at radius 1 is 1.20 bits per heavy atom. The summed E-state index contributed by atoms with van der Waals surface area (Å²) in [6.45, 7) is 0.913. The molecular weight excluding hydrogens is 457 g/mol. The highest BCUT2D eigenvalue weighted by Crippen LogP contribution is 2.23. The smallest absolute Gasteiger partial charge is 0.274 e. The van der Waals surface area contributed by atoms with Gasteiger partial charge in [0.05, 0.1) is 25.0 Å². The monoisotopic (exact) mass is 479 g/mol. The summed E-state index contributed by atoms with van der Waals surface area (Å²) in [6, 6.07) is 10.1. The molecule has 0 radical (unpaired) electrons. The highest BCUT2D eigenvalue weighted by Gasteiger charge is 2.27. The average Bonchev–Trinajstić information content (AvgIpc) is 3.48. The molecule has 12 heteroatoms. The van der Waals surface area contributed by atoms with Crippen molar-refractivity contribution in [1.29, 1.82) is 0 Å². The Kier molecular flexibility index (Phi) is 6.10. The van der Waals surface area contributed by atoms with Gasteiger partial charge in [-0.2, -0.15) is 5.10 Å². The minimum absolute atomic E-state index is 0.160. The quantitative estimate of drug-likeness (QED) is 0.451. The minimum atomic E-state index is -0.929. The maximum Gasteiger partial charge on any atom is 0.274 e. The van der Waals surface area contributed by atoms with E-state index >= 15 is 0 Å². The molecule has 5 rings (SSSR count). The number of nitrogens with zero attached hydrogens (tertiary/aromatic N) is 6. The fraction of sp³-hybridized carbons (Fsp3) is 0.261. The standard InChI is InChI=1S/C23H22FN7O4/c1-29-20(18(13-25-29)23(33)30-7-9-34-10-8-30)22(32)26-16-5-6-31-19(12-16)27-21(28-31)15-3-2-4-17(11-15)35-14-24/h2-6,11-13H,7-10,14H2,1H3,(H,26,32). The molecule has 1 aliphatic heterocycles. The number of aryl methyl sites for hydroxylation is 1. The number of fused-ring (bicyclic) bond motifs is 1. The predicted octanol–water partition coefficient (Wildman–Crippen LogP) is 2.16. The first-order chi connectivity index (χ1) is 17.0. The van der Waals surface area contributed by atoms with Crippen molar-refractivity contribution in [3.63, 3.8) is 0 Å². The predicted molar refractivity (Wildman–Crippen MR) is 123 cm³/mol. The van der Waals surface area contributed by atoms with Crippen LogP contribution in [0.4, 0.5) is 10.1 Å². The zero-order valence-corrected chi connectivity index (χ0v) is 18.8. The SMILES string of the molecule is Cn1ncc(C(=O)N2CCOCC2)c1C(=O)Nc1ccn2nc(-c3cccc(OCF)c3)nc2c1. The highest BCUT2D eigenvalue weighted by molar-refractivity contribution is 6.11. The molecule has 0 unspecified atom stereocenters. The fourth-order valence-electron chi connectivity index (χ4n) is 3.86. The molecule has 0 saturated carbocycles. The third-order valence-electron chi connectivity index (χ3n) is 5.59. The number of anilines is 1. The lowest BCUT2D eigenvalue weighted by Crippen LogP contribution is -2.41. The van der Waals surface area contributed by atoms with Crippen molar-refractivity contribution >= 4 is 23.1 Å². The van der Waals surface area contributed by atoms with Crippen LogP contribution in [0.5, 0.6) is 5.75 Å². The van der Waals surface area contributed by atoms with Gasteiger partial charge in [0.15, 0.2) is 11.5 Å². The highest BCUT2D eigenvalue weighted by atomic mass is 19.1. The maximum atomic E-state index is 13.1. The van der Waals surface area contributed by atoms with E-state index < -0.39 is 12.8 Å². The van der Waals surface area contributed by atoms with Crippen molar-refractivity contribution in [1.82, 2.24) is 29.3 Å². The van der Waals surface area contributed by atoms with E-state index in [1.54, 1.807) is 59.1 Å². The Morgan fingerprint density at radius 3 is 2.83 bits per heavy atom. The van der Waals surface area contributed by atoms with Crippen LogP contribution in [-0.4, -0.2) is 74.3 Å². The number of ether oxygens (including phenoxy) is 2. The molecule has 1 fully saturated rings. The van der Waals surface area contributed by atoms with Gasteiger partial charge in [-0.05, 0) is 18.2 Å². The molecule has 1 aromatic carbocycles. The van der Waals surface area contributed by atoms with Crippen molar-refractivity contribution < 1.29 is 23.5 Å². The molecule has 0 spiro atoms. The van der Waals surface area contributed by atoms with Crippen LogP contribution in [0.15, 0.2) is 48.8 Å². The number of amides is 2. The zero-order chi connectivity index (χ0) is 24.4. The third kappa shape index (κ3) is 4.55. The molecule has 180 valence electrons. The molecule has 1 N–H and O–H groups in total. The van der Waals surface area contributed by atoms with Gasteiger partial charge >= 0.3 is 0 Å². The number of alkyl halides is 1. The summed E-state index contributed by atoms with van der Waals surface area (Å²) in [5.41, 5.74) is 2.01. The van der Waals surface area contributed by atoms with E-state index in [4.69, 9.17) is 9.47 Å². The summed E-state index contributed by atoms with van der Waals surface area (Å²) in [6.07, 6.45) is 3.06. The van der Waals surface area contributed by atoms with Gasteiger partial charge in [-0.15, -0.1) is 5.10 Å².